The molecule has 5 heteroatoms. The van der Waals surface area contributed by atoms with Crippen molar-refractivity contribution >= 4 is 38.3 Å². The van der Waals surface area contributed by atoms with Crippen molar-refractivity contribution in [2.45, 2.75) is 26.7 Å². The molecule has 0 atom stereocenters. The minimum atomic E-state index is -0.126. The lowest BCUT2D eigenvalue weighted by molar-refractivity contribution is 0.102. The Balaban J connectivity index is 1.87. The normalized spacial score (nSPS) is 10.7. The van der Waals surface area contributed by atoms with Crippen LogP contribution in [-0.2, 0) is 6.42 Å². The molecule has 3 nitrogen and oxygen atoms in total. The van der Waals surface area contributed by atoms with Gasteiger partial charge >= 0.3 is 0 Å². The fraction of sp³-hybridized carbons (Fsp3) is 0.200. The van der Waals surface area contributed by atoms with E-state index in [1.807, 2.05) is 55.5 Å². The van der Waals surface area contributed by atoms with Crippen LogP contribution in [0.15, 0.2) is 53.0 Å². The van der Waals surface area contributed by atoms with Crippen molar-refractivity contribution in [3.05, 3.63) is 69.0 Å². The summed E-state index contributed by atoms with van der Waals surface area (Å²) in [6, 6.07) is 15.7. The molecule has 0 saturated heterocycles. The lowest BCUT2D eigenvalue weighted by Crippen LogP contribution is -2.11. The van der Waals surface area contributed by atoms with E-state index in [2.05, 4.69) is 33.2 Å². The van der Waals surface area contributed by atoms with Crippen molar-refractivity contribution in [3.8, 4) is 11.3 Å². The highest BCUT2D eigenvalue weighted by atomic mass is 79.9. The van der Waals surface area contributed by atoms with E-state index in [0.29, 0.717) is 10.7 Å². The van der Waals surface area contributed by atoms with Crippen LogP contribution >= 0.6 is 27.3 Å². The van der Waals surface area contributed by atoms with Crippen LogP contribution in [0.25, 0.3) is 11.3 Å². The molecule has 25 heavy (non-hydrogen) atoms. The monoisotopic (exact) mass is 414 g/mol. The molecule has 0 saturated carbocycles. The smallest absolute Gasteiger partial charge is 0.257 e. The predicted octanol–water partition coefficient (Wildman–Crippen LogP) is 6.09. The number of carbonyl (C=O) groups excluding carboxylic acids is 1. The van der Waals surface area contributed by atoms with Gasteiger partial charge in [-0.1, -0.05) is 59.1 Å². The molecule has 1 N–H and O–H groups in total. The van der Waals surface area contributed by atoms with Crippen LogP contribution in [0.5, 0.6) is 0 Å². The summed E-state index contributed by atoms with van der Waals surface area (Å²) in [7, 11) is 0. The van der Waals surface area contributed by atoms with Crippen LogP contribution in [0.3, 0.4) is 0 Å². The second kappa shape index (κ2) is 7.93. The number of carbonyl (C=O) groups is 1. The second-order valence-corrected chi connectivity index (χ2v) is 7.87. The Morgan fingerprint density at radius 3 is 2.44 bits per heavy atom. The Morgan fingerprint density at radius 2 is 1.80 bits per heavy atom. The molecule has 128 valence electrons. The van der Waals surface area contributed by atoms with Gasteiger partial charge in [0.2, 0.25) is 0 Å². The van der Waals surface area contributed by atoms with Gasteiger partial charge in [0.1, 0.15) is 0 Å². The molecule has 0 fully saturated rings. The molecule has 0 aliphatic heterocycles. The number of aryl methyl sites for hydroxylation is 2. The number of nitrogens with one attached hydrogen (secondary N) is 1. The summed E-state index contributed by atoms with van der Waals surface area (Å²) in [5, 5.41) is 3.58. The van der Waals surface area contributed by atoms with Gasteiger partial charge in [-0.25, -0.2) is 4.98 Å². The van der Waals surface area contributed by atoms with Gasteiger partial charge in [0.15, 0.2) is 5.13 Å². The third-order valence-corrected chi connectivity index (χ3v) is 5.39. The largest absolute Gasteiger partial charge is 0.298 e. The number of nitrogens with zero attached hydrogens (tertiary/aromatic N) is 1. The molecule has 0 unspecified atom stereocenters. The molecular formula is C20H19BrN2OS. The number of amides is 1. The van der Waals surface area contributed by atoms with Crippen molar-refractivity contribution < 1.29 is 4.79 Å². The maximum absolute atomic E-state index is 12.4. The lowest BCUT2D eigenvalue weighted by Gasteiger charge is -2.02. The fourth-order valence-corrected chi connectivity index (χ4v) is 3.85. The highest BCUT2D eigenvalue weighted by molar-refractivity contribution is 9.10. The van der Waals surface area contributed by atoms with Crippen LogP contribution < -0.4 is 5.32 Å². The number of hydrogen-bond donors (Lipinski definition) is 1. The Kier molecular flexibility index (Phi) is 5.66. The predicted molar refractivity (Wildman–Crippen MR) is 108 cm³/mol. The highest BCUT2D eigenvalue weighted by Gasteiger charge is 2.15. The van der Waals surface area contributed by atoms with Gasteiger partial charge in [-0.2, -0.15) is 0 Å². The molecule has 0 bridgehead atoms. The lowest BCUT2D eigenvalue weighted by atomic mass is 10.1. The minimum absolute atomic E-state index is 0.126. The van der Waals surface area contributed by atoms with Gasteiger partial charge in [-0.05, 0) is 37.6 Å². The summed E-state index contributed by atoms with van der Waals surface area (Å²) in [5.41, 5.74) is 3.80. The Morgan fingerprint density at radius 1 is 1.12 bits per heavy atom. The van der Waals surface area contributed by atoms with Crippen LogP contribution in [0.1, 0.15) is 34.1 Å². The van der Waals surface area contributed by atoms with Gasteiger partial charge in [-0.3, -0.25) is 10.1 Å². The Labute approximate surface area is 160 Å². The fourth-order valence-electron chi connectivity index (χ4n) is 2.51. The summed E-state index contributed by atoms with van der Waals surface area (Å²) in [5.74, 6) is -0.126. The molecule has 0 radical (unpaired) electrons. The van der Waals surface area contributed by atoms with Crippen LogP contribution in [-0.4, -0.2) is 10.9 Å². The van der Waals surface area contributed by atoms with Crippen LogP contribution in [0.4, 0.5) is 5.13 Å². The van der Waals surface area contributed by atoms with E-state index in [1.165, 1.54) is 4.88 Å². The number of benzene rings is 2. The Bertz CT molecular complexity index is 870. The molecule has 1 heterocycles. The zero-order valence-corrected chi connectivity index (χ0v) is 16.6. The van der Waals surface area contributed by atoms with E-state index in [-0.39, 0.29) is 5.91 Å². The molecular weight excluding hydrogens is 396 g/mol. The molecule has 1 aromatic heterocycles. The van der Waals surface area contributed by atoms with Gasteiger partial charge < -0.3 is 0 Å². The quantitative estimate of drug-likeness (QED) is 0.548. The third kappa shape index (κ3) is 4.35. The summed E-state index contributed by atoms with van der Waals surface area (Å²) >= 11 is 5.02. The van der Waals surface area contributed by atoms with Crippen molar-refractivity contribution in [1.29, 1.82) is 0 Å². The first-order chi connectivity index (χ1) is 12.1. The topological polar surface area (TPSA) is 42.0 Å². The maximum atomic E-state index is 12.4. The number of anilines is 1. The molecule has 0 aliphatic rings. The molecule has 2 aromatic carbocycles. The summed E-state index contributed by atoms with van der Waals surface area (Å²) < 4.78 is 1.04. The minimum Gasteiger partial charge on any atom is -0.298 e. The van der Waals surface area contributed by atoms with Crippen molar-refractivity contribution in [3.63, 3.8) is 0 Å². The summed E-state index contributed by atoms with van der Waals surface area (Å²) in [6.07, 6.45) is 1.99. The number of thiazole rings is 1. The van der Waals surface area contributed by atoms with E-state index >= 15 is 0 Å². The first-order valence-corrected chi connectivity index (χ1v) is 9.81. The van der Waals surface area contributed by atoms with E-state index in [1.54, 1.807) is 11.3 Å². The van der Waals surface area contributed by atoms with Gasteiger partial charge in [-0.15, -0.1) is 11.3 Å². The molecule has 0 spiro atoms. The van der Waals surface area contributed by atoms with Crippen molar-refractivity contribution in [1.82, 2.24) is 4.98 Å². The average molecular weight is 415 g/mol. The van der Waals surface area contributed by atoms with Gasteiger partial charge in [0.25, 0.3) is 5.91 Å². The second-order valence-electron chi connectivity index (χ2n) is 5.87. The summed E-state index contributed by atoms with van der Waals surface area (Å²) in [4.78, 5) is 18.3. The third-order valence-electron chi connectivity index (χ3n) is 3.83. The van der Waals surface area contributed by atoms with Crippen molar-refractivity contribution in [2.75, 3.05) is 5.32 Å². The molecule has 1 amide bonds. The number of aromatic nitrogens is 1. The average Bonchev–Trinajstić information content (AvgIpc) is 2.99. The van der Waals surface area contributed by atoms with E-state index < -0.39 is 0 Å². The van der Waals surface area contributed by atoms with E-state index in [4.69, 9.17) is 0 Å². The number of rotatable bonds is 5. The first kappa shape index (κ1) is 17.8. The van der Waals surface area contributed by atoms with Crippen molar-refractivity contribution in [2.24, 2.45) is 0 Å². The van der Waals surface area contributed by atoms with E-state index in [9.17, 15) is 4.79 Å². The van der Waals surface area contributed by atoms with E-state index in [0.717, 1.165) is 34.1 Å². The molecule has 3 rings (SSSR count). The first-order valence-electron chi connectivity index (χ1n) is 8.20. The Hall–Kier alpha value is -1.98. The maximum Gasteiger partial charge on any atom is 0.257 e. The van der Waals surface area contributed by atoms with Crippen LogP contribution in [0.2, 0.25) is 0 Å². The molecule has 0 aliphatic carbocycles. The zero-order valence-electron chi connectivity index (χ0n) is 14.2. The number of hydrogen-bond acceptors (Lipinski definition) is 3. The van der Waals surface area contributed by atoms with Gasteiger partial charge in [0, 0.05) is 20.5 Å². The highest BCUT2D eigenvalue weighted by Crippen LogP contribution is 2.33. The SMILES string of the molecule is CCCc1sc(NC(=O)c2ccc(C)cc2)nc1-c1ccc(Br)cc1. The summed E-state index contributed by atoms with van der Waals surface area (Å²) in [6.45, 7) is 4.15. The number of halogens is 1. The molecule has 3 aromatic rings. The van der Waals surface area contributed by atoms with Gasteiger partial charge in [0.05, 0.1) is 5.69 Å². The van der Waals surface area contributed by atoms with Crippen LogP contribution in [0, 0.1) is 6.92 Å². The standard InChI is InChI=1S/C20H19BrN2OS/c1-3-4-17-18(14-9-11-16(21)12-10-14)22-20(25-17)23-19(24)15-7-5-13(2)6-8-15/h5-12H,3-4H2,1-2H3,(H,22,23,24). The zero-order chi connectivity index (χ0) is 17.8.